The van der Waals surface area contributed by atoms with E-state index in [9.17, 15) is 13.2 Å². The molecular formula is C25H36N2O4S. The number of benzene rings is 2. The van der Waals surface area contributed by atoms with E-state index >= 15 is 0 Å². The summed E-state index contributed by atoms with van der Waals surface area (Å²) in [6.07, 6.45) is 4.24. The van der Waals surface area contributed by atoms with E-state index in [2.05, 4.69) is 19.2 Å². The lowest BCUT2D eigenvalue weighted by molar-refractivity contribution is -0.119. The van der Waals surface area contributed by atoms with Crippen molar-refractivity contribution in [3.63, 3.8) is 0 Å². The number of methoxy groups -OCH3 is 1. The lowest BCUT2D eigenvalue weighted by Crippen LogP contribution is -2.42. The molecule has 2 rings (SSSR count). The number of nitrogens with zero attached hydrogens (tertiary/aromatic N) is 1. The van der Waals surface area contributed by atoms with Crippen LogP contribution in [0.25, 0.3) is 0 Å². The van der Waals surface area contributed by atoms with E-state index in [0.717, 1.165) is 41.1 Å². The van der Waals surface area contributed by atoms with Crippen molar-refractivity contribution < 1.29 is 17.9 Å². The van der Waals surface area contributed by atoms with Crippen molar-refractivity contribution >= 4 is 21.6 Å². The molecule has 176 valence electrons. The summed E-state index contributed by atoms with van der Waals surface area (Å²) in [6, 6.07) is 11.9. The Labute approximate surface area is 193 Å². The molecule has 2 aromatic rings. The predicted molar refractivity (Wildman–Crippen MR) is 130 cm³/mol. The second-order valence-corrected chi connectivity index (χ2v) is 10.1. The number of sulfonamides is 1. The molecule has 2 aromatic carbocycles. The molecule has 0 saturated heterocycles. The average molecular weight is 461 g/mol. The van der Waals surface area contributed by atoms with Gasteiger partial charge in [-0.2, -0.15) is 0 Å². The topological polar surface area (TPSA) is 75.7 Å². The Balaban J connectivity index is 2.36. The highest BCUT2D eigenvalue weighted by Gasteiger charge is 2.29. The van der Waals surface area contributed by atoms with Crippen LogP contribution in [0, 0.1) is 19.8 Å². The number of hydrogen-bond donors (Lipinski definition) is 1. The first-order valence-electron chi connectivity index (χ1n) is 11.2. The number of anilines is 1. The molecule has 0 aliphatic heterocycles. The van der Waals surface area contributed by atoms with Crippen LogP contribution in [0.15, 0.2) is 47.4 Å². The maximum Gasteiger partial charge on any atom is 0.264 e. The van der Waals surface area contributed by atoms with Crippen molar-refractivity contribution in [1.82, 2.24) is 5.32 Å². The van der Waals surface area contributed by atoms with Gasteiger partial charge in [-0.1, -0.05) is 56.9 Å². The highest BCUT2D eigenvalue weighted by atomic mass is 32.2. The third-order valence-electron chi connectivity index (χ3n) is 5.63. The van der Waals surface area contributed by atoms with Gasteiger partial charge >= 0.3 is 0 Å². The highest BCUT2D eigenvalue weighted by molar-refractivity contribution is 7.92. The van der Waals surface area contributed by atoms with E-state index in [0.29, 0.717) is 23.9 Å². The van der Waals surface area contributed by atoms with Gasteiger partial charge in [0.05, 0.1) is 17.7 Å². The summed E-state index contributed by atoms with van der Waals surface area (Å²) in [5, 5.41) is 2.94. The summed E-state index contributed by atoms with van der Waals surface area (Å²) in [5.41, 5.74) is 2.18. The summed E-state index contributed by atoms with van der Waals surface area (Å²) >= 11 is 0. The van der Waals surface area contributed by atoms with E-state index in [1.54, 1.807) is 36.4 Å². The van der Waals surface area contributed by atoms with Crippen LogP contribution in [-0.4, -0.2) is 34.5 Å². The zero-order valence-electron chi connectivity index (χ0n) is 19.8. The Morgan fingerprint density at radius 3 is 2.31 bits per heavy atom. The fourth-order valence-electron chi connectivity index (χ4n) is 3.52. The van der Waals surface area contributed by atoms with Crippen molar-refractivity contribution in [1.29, 1.82) is 0 Å². The minimum absolute atomic E-state index is 0.133. The highest BCUT2D eigenvalue weighted by Crippen LogP contribution is 2.33. The third-order valence-corrected chi connectivity index (χ3v) is 7.40. The van der Waals surface area contributed by atoms with Crippen molar-refractivity contribution in [2.24, 2.45) is 5.92 Å². The number of hydrogen-bond acceptors (Lipinski definition) is 4. The van der Waals surface area contributed by atoms with Gasteiger partial charge in [0.1, 0.15) is 12.3 Å². The number of nitrogens with one attached hydrogen (secondary N) is 1. The van der Waals surface area contributed by atoms with Crippen LogP contribution in [0.5, 0.6) is 5.75 Å². The largest absolute Gasteiger partial charge is 0.495 e. The van der Waals surface area contributed by atoms with Gasteiger partial charge in [0.25, 0.3) is 10.0 Å². The molecule has 7 heteroatoms. The lowest BCUT2D eigenvalue weighted by Gasteiger charge is -2.26. The molecule has 1 N–H and O–H groups in total. The fraction of sp³-hybridized carbons (Fsp3) is 0.480. The van der Waals surface area contributed by atoms with Crippen molar-refractivity contribution in [3.05, 3.63) is 53.6 Å². The Morgan fingerprint density at radius 2 is 1.72 bits per heavy atom. The van der Waals surface area contributed by atoms with Crippen LogP contribution in [0.1, 0.15) is 50.7 Å². The van der Waals surface area contributed by atoms with Gasteiger partial charge < -0.3 is 10.1 Å². The van der Waals surface area contributed by atoms with E-state index in [1.807, 2.05) is 19.9 Å². The molecule has 0 aliphatic rings. The molecule has 1 amide bonds. The van der Waals surface area contributed by atoms with Gasteiger partial charge in [0, 0.05) is 6.54 Å². The Morgan fingerprint density at radius 1 is 1.06 bits per heavy atom. The minimum Gasteiger partial charge on any atom is -0.495 e. The van der Waals surface area contributed by atoms with Gasteiger partial charge in [0.15, 0.2) is 0 Å². The number of amides is 1. The molecule has 0 radical (unpaired) electrons. The molecule has 0 aliphatic carbocycles. The smallest absolute Gasteiger partial charge is 0.264 e. The summed E-state index contributed by atoms with van der Waals surface area (Å²) in [7, 11) is -2.49. The lowest BCUT2D eigenvalue weighted by atomic mass is 9.99. The van der Waals surface area contributed by atoms with Crippen molar-refractivity contribution in [2.45, 2.75) is 58.3 Å². The number of ether oxygens (including phenoxy) is 1. The standard InChI is InChI=1S/C25H36N2O4S/c1-6-8-9-21(7-2)17-26-25(28)18-27(23-16-20(4)12-15-24(23)31-5)32(29,30)22-13-10-19(3)11-14-22/h10-16,21H,6-9,17-18H2,1-5H3,(H,26,28). The maximum atomic E-state index is 13.6. The summed E-state index contributed by atoms with van der Waals surface area (Å²) < 4.78 is 33.7. The third kappa shape index (κ3) is 6.73. The predicted octanol–water partition coefficient (Wildman–Crippen LogP) is 4.84. The zero-order valence-corrected chi connectivity index (χ0v) is 20.7. The molecule has 0 aromatic heterocycles. The zero-order chi connectivity index (χ0) is 23.7. The molecule has 0 heterocycles. The number of unbranched alkanes of at least 4 members (excludes halogenated alkanes) is 1. The van der Waals surface area contributed by atoms with E-state index in [-0.39, 0.29) is 17.3 Å². The van der Waals surface area contributed by atoms with Gasteiger partial charge in [-0.3, -0.25) is 9.10 Å². The number of rotatable bonds is 12. The van der Waals surface area contributed by atoms with Gasteiger partial charge in [-0.15, -0.1) is 0 Å². The molecule has 1 atom stereocenters. The number of carbonyl (C=O) groups is 1. The molecule has 0 bridgehead atoms. The molecule has 32 heavy (non-hydrogen) atoms. The molecule has 6 nitrogen and oxygen atoms in total. The minimum atomic E-state index is -3.98. The molecule has 1 unspecified atom stereocenters. The fourth-order valence-corrected chi connectivity index (χ4v) is 4.94. The van der Waals surface area contributed by atoms with Crippen molar-refractivity contribution in [2.75, 3.05) is 24.5 Å². The van der Waals surface area contributed by atoms with Gasteiger partial charge in [-0.05, 0) is 56.0 Å². The van der Waals surface area contributed by atoms with Crippen LogP contribution in [-0.2, 0) is 14.8 Å². The average Bonchev–Trinajstić information content (AvgIpc) is 2.77. The first-order valence-corrected chi connectivity index (χ1v) is 12.7. The Hall–Kier alpha value is -2.54. The quantitative estimate of drug-likeness (QED) is 0.492. The maximum absolute atomic E-state index is 13.6. The van der Waals surface area contributed by atoms with Crippen LogP contribution < -0.4 is 14.4 Å². The molecule has 0 saturated carbocycles. The Bertz CT molecular complexity index is 988. The SMILES string of the molecule is CCCCC(CC)CNC(=O)CN(c1cc(C)ccc1OC)S(=O)(=O)c1ccc(C)cc1. The van der Waals surface area contributed by atoms with Crippen LogP contribution in [0.4, 0.5) is 5.69 Å². The van der Waals surface area contributed by atoms with E-state index in [1.165, 1.54) is 7.11 Å². The van der Waals surface area contributed by atoms with Crippen LogP contribution in [0.2, 0.25) is 0 Å². The first-order chi connectivity index (χ1) is 15.2. The first kappa shape index (κ1) is 25.7. The molecule has 0 spiro atoms. The number of carbonyl (C=O) groups excluding carboxylic acids is 1. The van der Waals surface area contributed by atoms with Gasteiger partial charge in [0.2, 0.25) is 5.91 Å². The van der Waals surface area contributed by atoms with E-state index < -0.39 is 10.0 Å². The van der Waals surface area contributed by atoms with Gasteiger partial charge in [-0.25, -0.2) is 8.42 Å². The second kappa shape index (κ2) is 11.9. The van der Waals surface area contributed by atoms with Crippen molar-refractivity contribution in [3.8, 4) is 5.75 Å². The van der Waals surface area contributed by atoms with E-state index in [4.69, 9.17) is 4.74 Å². The molecular weight excluding hydrogens is 424 g/mol. The summed E-state index contributed by atoms with van der Waals surface area (Å²) in [4.78, 5) is 13.0. The van der Waals surface area contributed by atoms with Crippen LogP contribution >= 0.6 is 0 Å². The molecule has 0 fully saturated rings. The second-order valence-electron chi connectivity index (χ2n) is 8.22. The van der Waals surface area contributed by atoms with Crippen LogP contribution in [0.3, 0.4) is 0 Å². The monoisotopic (exact) mass is 460 g/mol. The number of aryl methyl sites for hydroxylation is 2. The summed E-state index contributed by atoms with van der Waals surface area (Å²) in [6.45, 7) is 8.25. The summed E-state index contributed by atoms with van der Waals surface area (Å²) in [5.74, 6) is 0.447. The normalized spacial score (nSPS) is 12.3. The Kier molecular flexibility index (Phi) is 9.57.